The molecule has 0 aromatic heterocycles. The molecule has 0 saturated heterocycles. The zero-order chi connectivity index (χ0) is 13.8. The first-order chi connectivity index (χ1) is 9.13. The molecule has 1 heteroatoms. The predicted octanol–water partition coefficient (Wildman–Crippen LogP) is 5.61. The number of halogens is 1. The van der Waals surface area contributed by atoms with Gasteiger partial charge < -0.3 is 0 Å². The topological polar surface area (TPSA) is 0 Å². The highest BCUT2D eigenvalue weighted by Gasteiger charge is 2.22. The molecule has 0 aliphatic carbocycles. The highest BCUT2D eigenvalue weighted by atomic mass is 79.9. The van der Waals surface area contributed by atoms with Gasteiger partial charge in [-0.25, -0.2) is 0 Å². The summed E-state index contributed by atoms with van der Waals surface area (Å²) in [6.07, 6.45) is 1.12. The van der Waals surface area contributed by atoms with Crippen LogP contribution in [0, 0.1) is 13.8 Å². The molecule has 0 saturated carbocycles. The lowest BCUT2D eigenvalue weighted by molar-refractivity contribution is 0.724. The van der Waals surface area contributed by atoms with Crippen molar-refractivity contribution in [3.8, 4) is 0 Å². The second kappa shape index (κ2) is 6.38. The molecule has 0 heterocycles. The fourth-order valence-electron chi connectivity index (χ4n) is 2.65. The molecular formula is C18H21Br. The third-order valence-corrected chi connectivity index (χ3v) is 4.85. The molecule has 2 atom stereocenters. The van der Waals surface area contributed by atoms with Crippen molar-refractivity contribution in [1.82, 2.24) is 0 Å². The van der Waals surface area contributed by atoms with E-state index in [9.17, 15) is 0 Å². The number of hydrogen-bond donors (Lipinski definition) is 0. The average Bonchev–Trinajstić information content (AvgIpc) is 2.42. The van der Waals surface area contributed by atoms with E-state index in [1.54, 1.807) is 0 Å². The molecule has 2 aromatic carbocycles. The molecule has 0 bridgehead atoms. The highest BCUT2D eigenvalue weighted by Crippen LogP contribution is 2.35. The fourth-order valence-corrected chi connectivity index (χ4v) is 3.24. The molecule has 19 heavy (non-hydrogen) atoms. The predicted molar refractivity (Wildman–Crippen MR) is 87.2 cm³/mol. The van der Waals surface area contributed by atoms with E-state index in [0.717, 1.165) is 6.42 Å². The summed E-state index contributed by atoms with van der Waals surface area (Å²) in [5.74, 6) is 0.423. The van der Waals surface area contributed by atoms with Crippen LogP contribution < -0.4 is 0 Å². The van der Waals surface area contributed by atoms with Gasteiger partial charge in [-0.05, 0) is 37.0 Å². The lowest BCUT2D eigenvalue weighted by Crippen LogP contribution is -2.14. The summed E-state index contributed by atoms with van der Waals surface area (Å²) in [5, 5.41) is 0. The zero-order valence-electron chi connectivity index (χ0n) is 11.9. The van der Waals surface area contributed by atoms with Gasteiger partial charge in [-0.1, -0.05) is 76.9 Å². The third-order valence-electron chi connectivity index (χ3n) is 3.67. The minimum absolute atomic E-state index is 0.423. The van der Waals surface area contributed by atoms with E-state index >= 15 is 0 Å². The van der Waals surface area contributed by atoms with Crippen LogP contribution in [0.5, 0.6) is 0 Å². The zero-order valence-corrected chi connectivity index (χ0v) is 13.4. The smallest absolute Gasteiger partial charge is 0.0252 e. The van der Waals surface area contributed by atoms with Crippen LogP contribution in [0.2, 0.25) is 0 Å². The summed E-state index contributed by atoms with van der Waals surface area (Å²) in [7, 11) is 0. The molecule has 2 rings (SSSR count). The van der Waals surface area contributed by atoms with Gasteiger partial charge in [0, 0.05) is 10.7 Å². The quantitative estimate of drug-likeness (QED) is 0.643. The Labute approximate surface area is 125 Å². The lowest BCUT2D eigenvalue weighted by Gasteiger charge is -2.24. The molecular weight excluding hydrogens is 296 g/mol. The van der Waals surface area contributed by atoms with E-state index in [2.05, 4.69) is 85.2 Å². The Hall–Kier alpha value is -1.08. The molecule has 0 radical (unpaired) electrons. The van der Waals surface area contributed by atoms with E-state index in [1.165, 1.54) is 22.3 Å². The summed E-state index contributed by atoms with van der Waals surface area (Å²) in [6, 6.07) is 17.6. The molecule has 100 valence electrons. The van der Waals surface area contributed by atoms with Crippen LogP contribution in [0.25, 0.3) is 0 Å². The van der Waals surface area contributed by atoms with Gasteiger partial charge in [0.05, 0.1) is 0 Å². The van der Waals surface area contributed by atoms with Crippen LogP contribution in [0.1, 0.15) is 41.5 Å². The number of benzene rings is 2. The molecule has 0 nitrogen and oxygen atoms in total. The first kappa shape index (κ1) is 14.3. The second-order valence-corrected chi connectivity index (χ2v) is 6.35. The van der Waals surface area contributed by atoms with E-state index in [-0.39, 0.29) is 0 Å². The van der Waals surface area contributed by atoms with E-state index in [4.69, 9.17) is 0 Å². The Morgan fingerprint density at radius 1 is 1.00 bits per heavy atom. The van der Waals surface area contributed by atoms with Crippen molar-refractivity contribution in [1.29, 1.82) is 0 Å². The van der Waals surface area contributed by atoms with Gasteiger partial charge in [0.2, 0.25) is 0 Å². The number of hydrogen-bond acceptors (Lipinski definition) is 0. The van der Waals surface area contributed by atoms with Crippen LogP contribution in [-0.4, -0.2) is 4.83 Å². The van der Waals surface area contributed by atoms with Crippen molar-refractivity contribution in [3.05, 3.63) is 70.8 Å². The van der Waals surface area contributed by atoms with Gasteiger partial charge in [-0.15, -0.1) is 0 Å². The Bertz CT molecular complexity index is 531. The molecule has 0 N–H and O–H groups in total. The monoisotopic (exact) mass is 316 g/mol. The summed E-state index contributed by atoms with van der Waals surface area (Å²) in [5.41, 5.74) is 5.53. The minimum Gasteiger partial charge on any atom is -0.0880 e. The third kappa shape index (κ3) is 3.27. The summed E-state index contributed by atoms with van der Waals surface area (Å²) in [6.45, 7) is 6.60. The van der Waals surface area contributed by atoms with Crippen LogP contribution in [0.15, 0.2) is 48.5 Å². The number of aryl methyl sites for hydroxylation is 2. The largest absolute Gasteiger partial charge is 0.0880 e. The normalized spacial score (nSPS) is 14.1. The van der Waals surface area contributed by atoms with Crippen LogP contribution in [-0.2, 0) is 0 Å². The number of rotatable bonds is 4. The van der Waals surface area contributed by atoms with Gasteiger partial charge in [0.15, 0.2) is 0 Å². The highest BCUT2D eigenvalue weighted by molar-refractivity contribution is 9.09. The van der Waals surface area contributed by atoms with Crippen molar-refractivity contribution in [2.75, 3.05) is 0 Å². The summed E-state index contributed by atoms with van der Waals surface area (Å²) >= 11 is 3.87. The Morgan fingerprint density at radius 3 is 2.26 bits per heavy atom. The van der Waals surface area contributed by atoms with Gasteiger partial charge in [-0.2, -0.15) is 0 Å². The Morgan fingerprint density at radius 2 is 1.68 bits per heavy atom. The summed E-state index contributed by atoms with van der Waals surface area (Å²) in [4.78, 5) is 0.469. The first-order valence-corrected chi connectivity index (χ1v) is 7.81. The van der Waals surface area contributed by atoms with Gasteiger partial charge >= 0.3 is 0 Å². The Kier molecular flexibility index (Phi) is 4.81. The van der Waals surface area contributed by atoms with Gasteiger partial charge in [0.1, 0.15) is 0 Å². The lowest BCUT2D eigenvalue weighted by atomic mass is 9.85. The van der Waals surface area contributed by atoms with Crippen molar-refractivity contribution in [3.63, 3.8) is 0 Å². The first-order valence-electron chi connectivity index (χ1n) is 6.89. The molecule has 2 unspecified atom stereocenters. The Balaban J connectivity index is 2.49. The van der Waals surface area contributed by atoms with Crippen molar-refractivity contribution >= 4 is 15.9 Å². The SMILES string of the molecule is CCC(Br)C(c1ccccc1)c1ccc(C)cc1C. The van der Waals surface area contributed by atoms with Crippen LogP contribution in [0.4, 0.5) is 0 Å². The number of alkyl halides is 1. The van der Waals surface area contributed by atoms with Crippen molar-refractivity contribution in [2.45, 2.75) is 37.9 Å². The minimum atomic E-state index is 0.423. The molecule has 2 aromatic rings. The maximum Gasteiger partial charge on any atom is 0.0252 e. The molecule has 0 aliphatic rings. The maximum atomic E-state index is 3.87. The van der Waals surface area contributed by atoms with Crippen molar-refractivity contribution in [2.24, 2.45) is 0 Å². The molecule has 0 fully saturated rings. The fraction of sp³-hybridized carbons (Fsp3) is 0.333. The average molecular weight is 317 g/mol. The van der Waals surface area contributed by atoms with E-state index in [1.807, 2.05) is 0 Å². The van der Waals surface area contributed by atoms with Gasteiger partial charge in [0.25, 0.3) is 0 Å². The molecule has 0 amide bonds. The molecule has 0 spiro atoms. The van der Waals surface area contributed by atoms with Crippen LogP contribution in [0.3, 0.4) is 0 Å². The van der Waals surface area contributed by atoms with E-state index in [0.29, 0.717) is 10.7 Å². The standard InChI is InChI=1S/C18H21Br/c1-4-17(19)18(15-8-6-5-7-9-15)16-11-10-13(2)12-14(16)3/h5-12,17-18H,4H2,1-3H3. The van der Waals surface area contributed by atoms with Crippen molar-refractivity contribution < 1.29 is 0 Å². The second-order valence-electron chi connectivity index (χ2n) is 5.17. The van der Waals surface area contributed by atoms with Crippen LogP contribution >= 0.6 is 15.9 Å². The molecule has 0 aliphatic heterocycles. The van der Waals surface area contributed by atoms with Gasteiger partial charge in [-0.3, -0.25) is 0 Å². The maximum absolute atomic E-state index is 3.87. The van der Waals surface area contributed by atoms with E-state index < -0.39 is 0 Å². The summed E-state index contributed by atoms with van der Waals surface area (Å²) < 4.78 is 0.